The van der Waals surface area contributed by atoms with Crippen LogP contribution in [0.5, 0.6) is 0 Å². The minimum atomic E-state index is -1.66. The molecule has 0 aromatic rings. The SMILES string of the molecule is CCSC1([Si](C)(C)C2=[C]([Ti+2])CC=C2)CC=C(C)C=C1C(C)(C)C.[Cl-].[Cl-]. The monoisotopic (exact) mass is 449 g/mol. The standard InChI is InChI=1S/C20H31SSi.2ClH.Ti/c1-8-21-20(22(6,7)17-11-9-10-12-17)14-13-16(2)15-18(20)19(3,4)5;;;/h9,11,13,15H,8,10,14H2,1-7H3;2*1H;/q;;;+2/p-2. The van der Waals surface area contributed by atoms with Crippen LogP contribution >= 0.6 is 11.8 Å². The number of allylic oxidation sites excluding steroid dienone is 7. The largest absolute Gasteiger partial charge is 1.00 e. The molecule has 0 amide bonds. The summed E-state index contributed by atoms with van der Waals surface area (Å²) in [4.78, 5) is 0. The summed E-state index contributed by atoms with van der Waals surface area (Å²) >= 11 is 4.56. The summed E-state index contributed by atoms with van der Waals surface area (Å²) in [6.45, 7) is 17.0. The fourth-order valence-corrected chi connectivity index (χ4v) is 12.9. The second-order valence-electron chi connectivity index (χ2n) is 8.34. The second kappa shape index (κ2) is 9.35. The molecule has 0 aliphatic heterocycles. The first-order valence-corrected chi connectivity index (χ1v) is 13.5. The van der Waals surface area contributed by atoms with Gasteiger partial charge in [0.1, 0.15) is 0 Å². The summed E-state index contributed by atoms with van der Waals surface area (Å²) in [6.07, 6.45) is 12.2. The molecule has 1 unspecified atom stereocenters. The molecule has 0 aromatic heterocycles. The van der Waals surface area contributed by atoms with Crippen LogP contribution in [0, 0.1) is 5.41 Å². The molecule has 0 spiro atoms. The van der Waals surface area contributed by atoms with Crippen LogP contribution in [0.4, 0.5) is 0 Å². The van der Waals surface area contributed by atoms with E-state index in [1.807, 2.05) is 0 Å². The van der Waals surface area contributed by atoms with Crippen molar-refractivity contribution in [3.05, 3.63) is 44.5 Å². The zero-order chi connectivity index (χ0) is 17.5. The molecule has 0 bridgehead atoms. The Morgan fingerprint density at radius 3 is 2.28 bits per heavy atom. The molecule has 0 saturated heterocycles. The Balaban J connectivity index is 0.00000288. The van der Waals surface area contributed by atoms with Crippen LogP contribution in [0.3, 0.4) is 0 Å². The van der Waals surface area contributed by atoms with Gasteiger partial charge in [0.05, 0.1) is 0 Å². The van der Waals surface area contributed by atoms with Gasteiger partial charge in [0, 0.05) is 0 Å². The third-order valence-electron chi connectivity index (χ3n) is 5.33. The van der Waals surface area contributed by atoms with Crippen molar-refractivity contribution in [2.24, 2.45) is 5.41 Å². The van der Waals surface area contributed by atoms with Crippen LogP contribution in [-0.4, -0.2) is 18.2 Å². The molecule has 5 heteroatoms. The van der Waals surface area contributed by atoms with E-state index in [-0.39, 0.29) is 34.6 Å². The summed E-state index contributed by atoms with van der Waals surface area (Å²) in [5, 5.41) is 1.70. The van der Waals surface area contributed by atoms with Crippen molar-refractivity contribution in [2.45, 2.75) is 64.9 Å². The third kappa shape index (κ3) is 4.81. The van der Waals surface area contributed by atoms with E-state index in [1.54, 1.807) is 14.6 Å². The molecule has 25 heavy (non-hydrogen) atoms. The summed E-state index contributed by atoms with van der Waals surface area (Å²) < 4.78 is 1.89. The predicted octanol–water partition coefficient (Wildman–Crippen LogP) is 0.356. The molecule has 2 aliphatic rings. The van der Waals surface area contributed by atoms with Crippen LogP contribution in [0.25, 0.3) is 0 Å². The molecule has 0 aromatic carbocycles. The van der Waals surface area contributed by atoms with Crippen molar-refractivity contribution < 1.29 is 45.2 Å². The Kier molecular flexibility index (Phi) is 9.65. The summed E-state index contributed by atoms with van der Waals surface area (Å²) in [6, 6.07) is 0. The molecular formula is C20H31Cl2SSiTi. The molecule has 0 nitrogen and oxygen atoms in total. The number of halogens is 2. The number of thioether (sulfide) groups is 1. The normalized spacial score (nSPS) is 23.7. The Morgan fingerprint density at radius 2 is 1.84 bits per heavy atom. The Hall–Kier alpha value is 0.821. The van der Waals surface area contributed by atoms with E-state index < -0.39 is 8.07 Å². The maximum atomic E-state index is 2.61. The van der Waals surface area contributed by atoms with Gasteiger partial charge >= 0.3 is 161 Å². The van der Waals surface area contributed by atoms with Crippen molar-refractivity contribution >= 4 is 19.8 Å². The molecule has 1 atom stereocenters. The molecule has 2 rings (SSSR count). The quantitative estimate of drug-likeness (QED) is 0.558. The fourth-order valence-electron chi connectivity index (χ4n) is 4.10. The molecule has 0 saturated carbocycles. The molecule has 139 valence electrons. The van der Waals surface area contributed by atoms with E-state index in [0.717, 1.165) is 6.42 Å². The molecule has 0 N–H and O–H groups in total. The number of rotatable bonds is 4. The zero-order valence-corrected chi connectivity index (χ0v) is 21.5. The summed E-state index contributed by atoms with van der Waals surface area (Å²) in [5.41, 5.74) is 3.34. The van der Waals surface area contributed by atoms with Crippen molar-refractivity contribution in [3.63, 3.8) is 0 Å². The first-order chi connectivity index (χ1) is 10.6. The smallest absolute Gasteiger partial charge is 1.00 e. The predicted molar refractivity (Wildman–Crippen MR) is 105 cm³/mol. The molecule has 0 radical (unpaired) electrons. The summed E-state index contributed by atoms with van der Waals surface area (Å²) in [5.74, 6) is 1.19. The van der Waals surface area contributed by atoms with E-state index in [9.17, 15) is 0 Å². The molecular weight excluding hydrogens is 419 g/mol. The minimum Gasteiger partial charge on any atom is -1.00 e. The minimum absolute atomic E-state index is 0. The molecule has 2 aliphatic carbocycles. The van der Waals surface area contributed by atoms with Crippen molar-refractivity contribution in [1.82, 2.24) is 0 Å². The van der Waals surface area contributed by atoms with Crippen molar-refractivity contribution in [2.75, 3.05) is 5.75 Å². The van der Waals surface area contributed by atoms with E-state index in [4.69, 9.17) is 0 Å². The first-order valence-electron chi connectivity index (χ1n) is 8.71. The summed E-state index contributed by atoms with van der Waals surface area (Å²) in [7, 11) is -1.66. The topological polar surface area (TPSA) is 0 Å². The fraction of sp³-hybridized carbons (Fsp3) is 0.600. The van der Waals surface area contributed by atoms with Crippen LogP contribution in [0.1, 0.15) is 47.5 Å². The van der Waals surface area contributed by atoms with Gasteiger partial charge in [-0.3, -0.25) is 0 Å². The first kappa shape index (κ1) is 25.8. The van der Waals surface area contributed by atoms with Gasteiger partial charge in [-0.15, -0.1) is 0 Å². The van der Waals surface area contributed by atoms with Gasteiger partial charge < -0.3 is 24.8 Å². The Bertz CT molecular complexity index is 612. The van der Waals surface area contributed by atoms with Crippen LogP contribution in [-0.2, 0) is 20.4 Å². The van der Waals surface area contributed by atoms with Gasteiger partial charge in [-0.1, -0.05) is 0 Å². The average Bonchev–Trinajstić information content (AvgIpc) is 2.86. The number of hydrogen-bond acceptors (Lipinski definition) is 1. The Labute approximate surface area is 184 Å². The number of hydrogen-bond donors (Lipinski definition) is 0. The third-order valence-corrected chi connectivity index (χ3v) is 13.9. The van der Waals surface area contributed by atoms with E-state index in [2.05, 4.69) is 104 Å². The van der Waals surface area contributed by atoms with Crippen molar-refractivity contribution in [3.8, 4) is 0 Å². The van der Waals surface area contributed by atoms with Gasteiger partial charge in [-0.25, -0.2) is 0 Å². The van der Waals surface area contributed by atoms with Gasteiger partial charge in [0.25, 0.3) is 0 Å². The van der Waals surface area contributed by atoms with Gasteiger partial charge in [-0.05, 0) is 0 Å². The van der Waals surface area contributed by atoms with Crippen LogP contribution < -0.4 is 24.8 Å². The Morgan fingerprint density at radius 1 is 1.24 bits per heavy atom. The second-order valence-corrected chi connectivity index (χ2v) is 15.9. The van der Waals surface area contributed by atoms with E-state index >= 15 is 0 Å². The van der Waals surface area contributed by atoms with Crippen LogP contribution in [0.2, 0.25) is 13.1 Å². The van der Waals surface area contributed by atoms with Gasteiger partial charge in [-0.2, -0.15) is 0 Å². The maximum absolute atomic E-state index is 2.61. The molecule has 0 heterocycles. The molecule has 0 fully saturated rings. The van der Waals surface area contributed by atoms with Gasteiger partial charge in [0.2, 0.25) is 0 Å². The van der Waals surface area contributed by atoms with Crippen LogP contribution in [0.15, 0.2) is 44.5 Å². The van der Waals surface area contributed by atoms with E-state index in [1.165, 1.54) is 17.7 Å². The van der Waals surface area contributed by atoms with Gasteiger partial charge in [0.15, 0.2) is 0 Å². The zero-order valence-electron chi connectivity index (χ0n) is 16.6. The average molecular weight is 450 g/mol. The van der Waals surface area contributed by atoms with Crippen molar-refractivity contribution in [1.29, 1.82) is 0 Å². The maximum Gasteiger partial charge on any atom is -1.00 e. The van der Waals surface area contributed by atoms with E-state index in [0.29, 0.717) is 0 Å².